The Morgan fingerprint density at radius 3 is 2.73 bits per heavy atom. The van der Waals surface area contributed by atoms with E-state index in [4.69, 9.17) is 9.15 Å². The summed E-state index contributed by atoms with van der Waals surface area (Å²) in [6.07, 6.45) is 1.59. The van der Waals surface area contributed by atoms with Gasteiger partial charge in [-0.2, -0.15) is 0 Å². The average molecular weight is 341 g/mol. The summed E-state index contributed by atoms with van der Waals surface area (Å²) in [4.78, 5) is 17.2. The summed E-state index contributed by atoms with van der Waals surface area (Å²) in [5.41, 5.74) is 0.873. The van der Waals surface area contributed by atoms with Crippen LogP contribution in [-0.4, -0.2) is 33.0 Å². The highest BCUT2D eigenvalue weighted by Gasteiger charge is 2.24. The molecule has 0 fully saturated rings. The van der Waals surface area contributed by atoms with E-state index >= 15 is 0 Å². The van der Waals surface area contributed by atoms with Gasteiger partial charge in [0, 0.05) is 0 Å². The van der Waals surface area contributed by atoms with Crippen LogP contribution >= 0.6 is 23.1 Å². The van der Waals surface area contributed by atoms with E-state index in [0.717, 1.165) is 22.0 Å². The number of aromatic nitrogens is 3. The lowest BCUT2D eigenvalue weighted by Gasteiger charge is -2.11. The summed E-state index contributed by atoms with van der Waals surface area (Å²) >= 11 is 2.78. The number of aryl methyl sites for hydroxylation is 2. The maximum absolute atomic E-state index is 11.9. The van der Waals surface area contributed by atoms with E-state index in [1.54, 1.807) is 6.92 Å². The number of carbonyl (C=O) groups excluding carboxylic acids is 1. The molecule has 0 spiro atoms. The van der Waals surface area contributed by atoms with E-state index in [0.29, 0.717) is 24.1 Å². The summed E-state index contributed by atoms with van der Waals surface area (Å²) in [5.74, 6) is 0.212. The lowest BCUT2D eigenvalue weighted by atomic mass is 10.2. The third kappa shape index (κ3) is 4.07. The first-order chi connectivity index (χ1) is 10.5. The van der Waals surface area contributed by atoms with Crippen molar-refractivity contribution < 1.29 is 13.9 Å². The molecule has 0 saturated carbocycles. The van der Waals surface area contributed by atoms with Crippen LogP contribution in [0.1, 0.15) is 37.4 Å². The fraction of sp³-hybridized carbons (Fsp3) is 0.571. The summed E-state index contributed by atoms with van der Waals surface area (Å²) in [7, 11) is 0. The Kier molecular flexibility index (Phi) is 5.96. The van der Waals surface area contributed by atoms with Crippen LogP contribution < -0.4 is 0 Å². The van der Waals surface area contributed by atoms with Crippen LogP contribution in [0, 0.1) is 13.8 Å². The normalized spacial score (nSPS) is 12.4. The molecule has 0 amide bonds. The van der Waals surface area contributed by atoms with E-state index in [1.165, 1.54) is 23.1 Å². The molecule has 0 saturated heterocycles. The highest BCUT2D eigenvalue weighted by atomic mass is 32.2. The molecule has 8 heteroatoms. The minimum atomic E-state index is -0.317. The fourth-order valence-electron chi connectivity index (χ4n) is 1.92. The van der Waals surface area contributed by atoms with Gasteiger partial charge >= 0.3 is 5.97 Å². The van der Waals surface area contributed by atoms with Crippen molar-refractivity contribution >= 4 is 29.1 Å². The highest BCUT2D eigenvalue weighted by Crippen LogP contribution is 2.32. The Labute approximate surface area is 137 Å². The van der Waals surface area contributed by atoms with E-state index < -0.39 is 0 Å². The molecule has 0 N–H and O–H groups in total. The van der Waals surface area contributed by atoms with E-state index in [2.05, 4.69) is 15.2 Å². The number of thiazole rings is 1. The summed E-state index contributed by atoms with van der Waals surface area (Å²) < 4.78 is 10.8. The van der Waals surface area contributed by atoms with Crippen LogP contribution in [0.3, 0.4) is 0 Å². The van der Waals surface area contributed by atoms with Crippen molar-refractivity contribution in [1.29, 1.82) is 0 Å². The largest absolute Gasteiger partial charge is 0.465 e. The molecule has 0 aliphatic carbocycles. The number of thioether (sulfide) groups is 1. The predicted molar refractivity (Wildman–Crippen MR) is 86.1 cm³/mol. The van der Waals surface area contributed by atoms with Gasteiger partial charge in [0.2, 0.25) is 0 Å². The van der Waals surface area contributed by atoms with Crippen LogP contribution in [-0.2, 0) is 9.53 Å². The lowest BCUT2D eigenvalue weighted by molar-refractivity contribution is -0.142. The van der Waals surface area contributed by atoms with Gasteiger partial charge in [-0.1, -0.05) is 25.1 Å². The van der Waals surface area contributed by atoms with Crippen molar-refractivity contribution in [3.63, 3.8) is 0 Å². The number of hydrogen-bond donors (Lipinski definition) is 0. The molecule has 2 aromatic rings. The second kappa shape index (κ2) is 7.73. The number of ether oxygens (including phenoxy) is 1. The van der Waals surface area contributed by atoms with Gasteiger partial charge in [0.25, 0.3) is 11.1 Å². The standard InChI is InChI=1S/C14H19N3O3S2/c1-5-7-10(13(18)19-6-2)22-14-17-16-12(20-14)11-8(3)15-9(4)21-11/h10H,5-7H2,1-4H3/t10-/m0/s1. The maximum Gasteiger partial charge on any atom is 0.319 e. The number of nitrogens with zero attached hydrogens (tertiary/aromatic N) is 3. The zero-order chi connectivity index (χ0) is 16.1. The van der Waals surface area contributed by atoms with Crippen molar-refractivity contribution in [3.8, 4) is 10.8 Å². The van der Waals surface area contributed by atoms with Gasteiger partial charge < -0.3 is 9.15 Å². The summed E-state index contributed by atoms with van der Waals surface area (Å²) in [6, 6.07) is 0. The van der Waals surface area contributed by atoms with Crippen molar-refractivity contribution in [3.05, 3.63) is 10.7 Å². The van der Waals surface area contributed by atoms with Gasteiger partial charge in [-0.3, -0.25) is 4.79 Å². The summed E-state index contributed by atoms with van der Waals surface area (Å²) in [5, 5.41) is 9.10. The SMILES string of the molecule is CCC[C@H](Sc1nnc(-c2sc(C)nc2C)o1)C(=O)OCC. The van der Waals surface area contributed by atoms with Gasteiger partial charge in [0.05, 0.1) is 17.3 Å². The molecule has 1 atom stereocenters. The molecule has 22 heavy (non-hydrogen) atoms. The first kappa shape index (κ1) is 17.0. The van der Waals surface area contributed by atoms with Gasteiger partial charge in [-0.15, -0.1) is 21.5 Å². The molecule has 0 aliphatic heterocycles. The molecule has 0 radical (unpaired) electrons. The third-order valence-corrected chi connectivity index (χ3v) is 4.99. The van der Waals surface area contributed by atoms with Crippen LogP contribution in [0.15, 0.2) is 9.64 Å². The number of rotatable bonds is 7. The molecule has 120 valence electrons. The number of hydrogen-bond acceptors (Lipinski definition) is 8. The zero-order valence-electron chi connectivity index (χ0n) is 13.1. The lowest BCUT2D eigenvalue weighted by Crippen LogP contribution is -2.20. The van der Waals surface area contributed by atoms with E-state index in [-0.39, 0.29) is 11.2 Å². The number of carbonyl (C=O) groups is 1. The smallest absolute Gasteiger partial charge is 0.319 e. The zero-order valence-corrected chi connectivity index (χ0v) is 14.7. The van der Waals surface area contributed by atoms with Crippen molar-refractivity contribution in [2.24, 2.45) is 0 Å². The molecule has 0 bridgehead atoms. The van der Waals surface area contributed by atoms with Gasteiger partial charge in [0.15, 0.2) is 0 Å². The van der Waals surface area contributed by atoms with Gasteiger partial charge in [-0.05, 0) is 27.2 Å². The Balaban J connectivity index is 2.13. The molecule has 2 rings (SSSR count). The Hall–Kier alpha value is -1.41. The van der Waals surface area contributed by atoms with E-state index in [1.807, 2.05) is 20.8 Å². The molecule has 2 aromatic heterocycles. The Morgan fingerprint density at radius 2 is 2.14 bits per heavy atom. The van der Waals surface area contributed by atoms with Crippen molar-refractivity contribution in [2.45, 2.75) is 51.0 Å². The van der Waals surface area contributed by atoms with Crippen LogP contribution in [0.4, 0.5) is 0 Å². The second-order valence-electron chi connectivity index (χ2n) is 4.67. The Morgan fingerprint density at radius 1 is 1.36 bits per heavy atom. The molecule has 2 heterocycles. The summed E-state index contributed by atoms with van der Waals surface area (Å²) in [6.45, 7) is 8.04. The minimum absolute atomic E-state index is 0.237. The van der Waals surface area contributed by atoms with Crippen LogP contribution in [0.2, 0.25) is 0 Å². The quantitative estimate of drug-likeness (QED) is 0.562. The molecule has 6 nitrogen and oxygen atoms in total. The van der Waals surface area contributed by atoms with Crippen molar-refractivity contribution in [2.75, 3.05) is 6.61 Å². The first-order valence-electron chi connectivity index (χ1n) is 7.16. The minimum Gasteiger partial charge on any atom is -0.465 e. The maximum atomic E-state index is 11.9. The second-order valence-corrected chi connectivity index (χ2v) is 7.02. The third-order valence-electron chi connectivity index (χ3n) is 2.85. The fourth-order valence-corrected chi connectivity index (χ4v) is 3.74. The molecule has 0 unspecified atom stereocenters. The molecular formula is C14H19N3O3S2. The monoisotopic (exact) mass is 341 g/mol. The molecular weight excluding hydrogens is 322 g/mol. The van der Waals surface area contributed by atoms with Crippen molar-refractivity contribution in [1.82, 2.24) is 15.2 Å². The number of esters is 1. The predicted octanol–water partition coefficient (Wildman–Crippen LogP) is 3.63. The van der Waals surface area contributed by atoms with Crippen LogP contribution in [0.25, 0.3) is 10.8 Å². The van der Waals surface area contributed by atoms with Gasteiger partial charge in [0.1, 0.15) is 10.1 Å². The topological polar surface area (TPSA) is 78.1 Å². The molecule has 0 aliphatic rings. The molecule has 0 aromatic carbocycles. The highest BCUT2D eigenvalue weighted by molar-refractivity contribution is 8.00. The van der Waals surface area contributed by atoms with E-state index in [9.17, 15) is 4.79 Å². The Bertz CT molecular complexity index is 639. The average Bonchev–Trinajstić information content (AvgIpc) is 3.05. The van der Waals surface area contributed by atoms with Crippen LogP contribution in [0.5, 0.6) is 0 Å². The van der Waals surface area contributed by atoms with Gasteiger partial charge in [-0.25, -0.2) is 4.98 Å². The first-order valence-corrected chi connectivity index (χ1v) is 8.85.